The van der Waals surface area contributed by atoms with Crippen molar-refractivity contribution in [1.29, 1.82) is 0 Å². The maximum Gasteiger partial charge on any atom is 0.287 e. The number of benzene rings is 2. The first kappa shape index (κ1) is 25.6. The van der Waals surface area contributed by atoms with Crippen molar-refractivity contribution in [3.63, 3.8) is 0 Å². The van der Waals surface area contributed by atoms with Gasteiger partial charge in [0.25, 0.3) is 5.91 Å². The largest absolute Gasteiger partial charge is 0.493 e. The number of hydrogen-bond acceptors (Lipinski definition) is 7. The number of carbonyl (C=O) groups is 2. The number of nitrogens with one attached hydrogen (secondary N) is 1. The first-order chi connectivity index (χ1) is 16.2. The summed E-state index contributed by atoms with van der Waals surface area (Å²) in [6.45, 7) is 1.07. The average Bonchev–Trinajstić information content (AvgIpc) is 2.81. The number of nitrogens with zero attached hydrogens (tertiary/aromatic N) is 1. The second kappa shape index (κ2) is 10.9. The fourth-order valence-corrected chi connectivity index (χ4v) is 3.67. The van der Waals surface area contributed by atoms with Crippen molar-refractivity contribution in [1.82, 2.24) is 10.2 Å². The monoisotopic (exact) mass is 506 g/mol. The molecule has 3 aromatic rings. The van der Waals surface area contributed by atoms with Crippen molar-refractivity contribution >= 4 is 45.9 Å². The Hall–Kier alpha value is -3.07. The molecule has 1 aromatic heterocycles. The predicted molar refractivity (Wildman–Crippen MR) is 131 cm³/mol. The zero-order valence-electron chi connectivity index (χ0n) is 19.2. The lowest BCUT2D eigenvalue weighted by Gasteiger charge is -2.13. The standard InChI is InChI=1S/C24H24Cl2N2O6/c1-28(2)9-5-8-27-24(31)23-20(21(29)13-6-7-17(32-3)19(10-13)33-4)22(30)14-11-15(25)16(26)12-18(14)34-23/h6-7,10-12H,5,8-9H2,1-4H3,(H,27,31). The van der Waals surface area contributed by atoms with Gasteiger partial charge >= 0.3 is 0 Å². The number of methoxy groups -OCH3 is 2. The van der Waals surface area contributed by atoms with Crippen LogP contribution in [-0.4, -0.2) is 58.0 Å². The number of hydrogen-bond donors (Lipinski definition) is 1. The molecule has 2 aromatic carbocycles. The molecular formula is C24H24Cl2N2O6. The lowest BCUT2D eigenvalue weighted by molar-refractivity contribution is 0.0912. The maximum atomic E-state index is 13.5. The molecule has 1 N–H and O–H groups in total. The van der Waals surface area contributed by atoms with Gasteiger partial charge in [0.2, 0.25) is 17.0 Å². The zero-order valence-corrected chi connectivity index (χ0v) is 20.7. The molecule has 10 heteroatoms. The molecule has 8 nitrogen and oxygen atoms in total. The molecule has 1 heterocycles. The van der Waals surface area contributed by atoms with E-state index < -0.39 is 28.4 Å². The number of amides is 1. The predicted octanol–water partition coefficient (Wildman–Crippen LogP) is 4.03. The van der Waals surface area contributed by atoms with Crippen LogP contribution in [0.1, 0.15) is 32.9 Å². The number of rotatable bonds is 9. The lowest BCUT2D eigenvalue weighted by atomic mass is 9.99. The van der Waals surface area contributed by atoms with Crippen LogP contribution in [0, 0.1) is 0 Å². The topological polar surface area (TPSA) is 98.1 Å². The number of halogens is 2. The molecule has 0 bridgehead atoms. The highest BCUT2D eigenvalue weighted by Gasteiger charge is 2.27. The third kappa shape index (κ3) is 5.35. The molecule has 3 rings (SSSR count). The lowest BCUT2D eigenvalue weighted by Crippen LogP contribution is -2.31. The van der Waals surface area contributed by atoms with Gasteiger partial charge in [-0.1, -0.05) is 23.2 Å². The third-order valence-electron chi connectivity index (χ3n) is 5.08. The van der Waals surface area contributed by atoms with Gasteiger partial charge in [-0.15, -0.1) is 0 Å². The van der Waals surface area contributed by atoms with Crippen LogP contribution in [0.3, 0.4) is 0 Å². The molecule has 0 aliphatic rings. The van der Waals surface area contributed by atoms with E-state index in [1.165, 1.54) is 44.6 Å². The van der Waals surface area contributed by atoms with Crippen LogP contribution in [0.15, 0.2) is 39.5 Å². The molecule has 0 aliphatic heterocycles. The van der Waals surface area contributed by atoms with E-state index in [0.717, 1.165) is 6.54 Å². The molecule has 1 amide bonds. The normalized spacial score (nSPS) is 11.0. The Labute approximate surface area is 206 Å². The SMILES string of the molecule is COc1ccc(C(=O)c2c(C(=O)NCCCN(C)C)oc3cc(Cl)c(Cl)cc3c2=O)cc1OC. The molecule has 180 valence electrons. The van der Waals surface area contributed by atoms with Gasteiger partial charge in [0.15, 0.2) is 11.5 Å². The van der Waals surface area contributed by atoms with Crippen LogP contribution in [0.25, 0.3) is 11.0 Å². The average molecular weight is 507 g/mol. The molecular weight excluding hydrogens is 483 g/mol. The van der Waals surface area contributed by atoms with Crippen LogP contribution in [0.5, 0.6) is 11.5 Å². The molecule has 0 unspecified atom stereocenters. The minimum absolute atomic E-state index is 0.0300. The minimum Gasteiger partial charge on any atom is -0.493 e. The molecule has 0 saturated carbocycles. The van der Waals surface area contributed by atoms with Gasteiger partial charge < -0.3 is 24.1 Å². The number of ether oxygens (including phenoxy) is 2. The van der Waals surface area contributed by atoms with Gasteiger partial charge in [-0.25, -0.2) is 0 Å². The van der Waals surface area contributed by atoms with Crippen LogP contribution < -0.4 is 20.2 Å². The summed E-state index contributed by atoms with van der Waals surface area (Å²) in [4.78, 5) is 41.9. The van der Waals surface area contributed by atoms with Crippen molar-refractivity contribution in [3.8, 4) is 11.5 Å². The van der Waals surface area contributed by atoms with E-state index in [-0.39, 0.29) is 26.6 Å². The summed E-state index contributed by atoms with van der Waals surface area (Å²) in [5.74, 6) is -1.10. The van der Waals surface area contributed by atoms with Crippen molar-refractivity contribution in [2.45, 2.75) is 6.42 Å². The van der Waals surface area contributed by atoms with Crippen LogP contribution in [-0.2, 0) is 0 Å². The van der Waals surface area contributed by atoms with Crippen molar-refractivity contribution < 1.29 is 23.5 Å². The van der Waals surface area contributed by atoms with Gasteiger partial charge in [0.1, 0.15) is 11.1 Å². The molecule has 34 heavy (non-hydrogen) atoms. The minimum atomic E-state index is -0.707. The van der Waals surface area contributed by atoms with E-state index in [2.05, 4.69) is 5.32 Å². The van der Waals surface area contributed by atoms with E-state index >= 15 is 0 Å². The van der Waals surface area contributed by atoms with E-state index in [1.807, 2.05) is 19.0 Å². The molecule has 0 atom stereocenters. The fraction of sp³-hybridized carbons (Fsp3) is 0.292. The molecule has 0 spiro atoms. The summed E-state index contributed by atoms with van der Waals surface area (Å²) in [6, 6.07) is 7.09. The van der Waals surface area contributed by atoms with Crippen LogP contribution in [0.2, 0.25) is 10.0 Å². The fourth-order valence-electron chi connectivity index (χ4n) is 3.35. The highest BCUT2D eigenvalue weighted by molar-refractivity contribution is 6.42. The van der Waals surface area contributed by atoms with Gasteiger partial charge in [0, 0.05) is 18.2 Å². The number of fused-ring (bicyclic) bond motifs is 1. The first-order valence-electron chi connectivity index (χ1n) is 10.3. The first-order valence-corrected chi connectivity index (χ1v) is 11.1. The van der Waals surface area contributed by atoms with Gasteiger partial charge in [-0.05, 0) is 51.3 Å². The summed E-state index contributed by atoms with van der Waals surface area (Å²) < 4.78 is 16.2. The molecule has 0 fully saturated rings. The smallest absolute Gasteiger partial charge is 0.287 e. The van der Waals surface area contributed by atoms with Crippen molar-refractivity contribution in [2.24, 2.45) is 0 Å². The van der Waals surface area contributed by atoms with Crippen LogP contribution in [0.4, 0.5) is 0 Å². The molecule has 0 saturated heterocycles. The summed E-state index contributed by atoms with van der Waals surface area (Å²) in [5.41, 5.74) is -0.950. The summed E-state index contributed by atoms with van der Waals surface area (Å²) in [6.07, 6.45) is 0.664. The molecule has 0 radical (unpaired) electrons. The number of carbonyl (C=O) groups excluding carboxylic acids is 2. The van der Waals surface area contributed by atoms with E-state index in [4.69, 9.17) is 37.1 Å². The Morgan fingerprint density at radius 3 is 2.35 bits per heavy atom. The van der Waals surface area contributed by atoms with Gasteiger partial charge in [0.05, 0.1) is 29.7 Å². The Bertz CT molecular complexity index is 1300. The van der Waals surface area contributed by atoms with Gasteiger partial charge in [-0.3, -0.25) is 14.4 Å². The summed E-state index contributed by atoms with van der Waals surface area (Å²) in [7, 11) is 6.72. The van der Waals surface area contributed by atoms with E-state index in [0.29, 0.717) is 24.5 Å². The second-order valence-corrected chi connectivity index (χ2v) is 8.52. The zero-order chi connectivity index (χ0) is 25.0. The Morgan fingerprint density at radius 1 is 1.03 bits per heavy atom. The Balaban J connectivity index is 2.14. The highest BCUT2D eigenvalue weighted by atomic mass is 35.5. The quantitative estimate of drug-likeness (QED) is 0.345. The highest BCUT2D eigenvalue weighted by Crippen LogP contribution is 2.30. The second-order valence-electron chi connectivity index (χ2n) is 7.71. The van der Waals surface area contributed by atoms with Gasteiger partial charge in [-0.2, -0.15) is 0 Å². The maximum absolute atomic E-state index is 13.5. The van der Waals surface area contributed by atoms with E-state index in [9.17, 15) is 14.4 Å². The Morgan fingerprint density at radius 2 is 1.71 bits per heavy atom. The van der Waals surface area contributed by atoms with Crippen LogP contribution >= 0.6 is 23.2 Å². The van der Waals surface area contributed by atoms with E-state index in [1.54, 1.807) is 0 Å². The summed E-state index contributed by atoms with van der Waals surface area (Å²) >= 11 is 12.2. The van der Waals surface area contributed by atoms with Crippen molar-refractivity contribution in [2.75, 3.05) is 41.4 Å². The Kier molecular flexibility index (Phi) is 8.19. The summed E-state index contributed by atoms with van der Waals surface area (Å²) in [5, 5.41) is 3.00. The third-order valence-corrected chi connectivity index (χ3v) is 5.80. The number of ketones is 1. The molecule has 0 aliphatic carbocycles. The van der Waals surface area contributed by atoms with Crippen molar-refractivity contribution in [3.05, 3.63) is 67.5 Å².